The Bertz CT molecular complexity index is 1320. The molecule has 3 heterocycles. The van der Waals surface area contributed by atoms with Gasteiger partial charge in [-0.05, 0) is 29.5 Å². The normalized spacial score (nSPS) is 13.7. The number of carboxylic acid groups (broad SMARTS) is 1. The van der Waals surface area contributed by atoms with Crippen molar-refractivity contribution in [2.24, 2.45) is 0 Å². The summed E-state index contributed by atoms with van der Waals surface area (Å²) in [6.07, 6.45) is 3.66. The van der Waals surface area contributed by atoms with Crippen molar-refractivity contribution < 1.29 is 9.90 Å². The SMILES string of the molecule is O=C(O)c1cn(Cc2ccccc2-c2ccccc2)c2sc(N3CCCC3)nc2c1=O. The largest absolute Gasteiger partial charge is 0.477 e. The van der Waals surface area contributed by atoms with Crippen LogP contribution in [0, 0.1) is 0 Å². The van der Waals surface area contributed by atoms with Gasteiger partial charge in [0.25, 0.3) is 0 Å². The Morgan fingerprint density at radius 2 is 1.74 bits per heavy atom. The van der Waals surface area contributed by atoms with Gasteiger partial charge in [-0.1, -0.05) is 65.9 Å². The number of aromatic nitrogens is 2. The number of thiazole rings is 1. The van der Waals surface area contributed by atoms with Crippen molar-refractivity contribution in [2.75, 3.05) is 18.0 Å². The van der Waals surface area contributed by atoms with Crippen LogP contribution in [0.25, 0.3) is 21.5 Å². The molecule has 0 bridgehead atoms. The lowest BCUT2D eigenvalue weighted by Gasteiger charge is -2.14. The summed E-state index contributed by atoms with van der Waals surface area (Å²) >= 11 is 1.46. The molecule has 31 heavy (non-hydrogen) atoms. The highest BCUT2D eigenvalue weighted by Gasteiger charge is 2.22. The minimum atomic E-state index is -1.23. The maximum Gasteiger partial charge on any atom is 0.341 e. The number of carbonyl (C=O) groups is 1. The number of pyridine rings is 1. The van der Waals surface area contributed by atoms with E-state index in [9.17, 15) is 14.7 Å². The van der Waals surface area contributed by atoms with Crippen molar-refractivity contribution >= 4 is 32.8 Å². The Labute approximate surface area is 183 Å². The van der Waals surface area contributed by atoms with E-state index in [1.807, 2.05) is 41.0 Å². The minimum Gasteiger partial charge on any atom is -0.477 e. The molecule has 0 atom stereocenters. The number of fused-ring (bicyclic) bond motifs is 1. The summed E-state index contributed by atoms with van der Waals surface area (Å²) in [6, 6.07) is 18.2. The van der Waals surface area contributed by atoms with Gasteiger partial charge in [0, 0.05) is 25.8 Å². The van der Waals surface area contributed by atoms with E-state index in [1.54, 1.807) is 0 Å². The fraction of sp³-hybridized carbons (Fsp3) is 0.208. The summed E-state index contributed by atoms with van der Waals surface area (Å²) < 4.78 is 1.86. The topological polar surface area (TPSA) is 75.4 Å². The van der Waals surface area contributed by atoms with Gasteiger partial charge in [0.1, 0.15) is 15.9 Å². The van der Waals surface area contributed by atoms with Gasteiger partial charge in [0.05, 0.1) is 0 Å². The summed E-state index contributed by atoms with van der Waals surface area (Å²) in [5, 5.41) is 10.4. The lowest BCUT2D eigenvalue weighted by atomic mass is 9.99. The smallest absolute Gasteiger partial charge is 0.341 e. The van der Waals surface area contributed by atoms with Gasteiger partial charge in [-0.25, -0.2) is 9.78 Å². The average molecular weight is 432 g/mol. The molecule has 4 aromatic rings. The lowest BCUT2D eigenvalue weighted by Crippen LogP contribution is -2.19. The summed E-state index contributed by atoms with van der Waals surface area (Å²) in [6.45, 7) is 2.27. The van der Waals surface area contributed by atoms with Gasteiger partial charge < -0.3 is 14.6 Å². The highest BCUT2D eigenvalue weighted by molar-refractivity contribution is 7.21. The van der Waals surface area contributed by atoms with E-state index >= 15 is 0 Å². The van der Waals surface area contributed by atoms with Gasteiger partial charge >= 0.3 is 5.97 Å². The molecule has 2 aromatic heterocycles. The number of anilines is 1. The Hall–Kier alpha value is -3.45. The average Bonchev–Trinajstić information content (AvgIpc) is 3.47. The molecule has 1 saturated heterocycles. The van der Waals surface area contributed by atoms with E-state index in [1.165, 1.54) is 17.5 Å². The van der Waals surface area contributed by atoms with Crippen LogP contribution in [0.4, 0.5) is 5.13 Å². The molecule has 0 amide bonds. The summed E-state index contributed by atoms with van der Waals surface area (Å²) in [5.41, 5.74) is 2.70. The number of rotatable bonds is 5. The molecule has 0 saturated carbocycles. The van der Waals surface area contributed by atoms with Crippen LogP contribution in [0.2, 0.25) is 0 Å². The number of aromatic carboxylic acids is 1. The van der Waals surface area contributed by atoms with Crippen LogP contribution in [0.3, 0.4) is 0 Å². The van der Waals surface area contributed by atoms with Crippen LogP contribution in [-0.2, 0) is 6.54 Å². The third-order valence-corrected chi connectivity index (χ3v) is 6.81. The highest BCUT2D eigenvalue weighted by atomic mass is 32.1. The lowest BCUT2D eigenvalue weighted by molar-refractivity contribution is 0.0695. The molecule has 5 rings (SSSR count). The predicted octanol–water partition coefficient (Wildman–Crippen LogP) is 4.47. The van der Waals surface area contributed by atoms with Gasteiger partial charge in [0.15, 0.2) is 5.13 Å². The molecule has 0 aliphatic carbocycles. The molecule has 0 spiro atoms. The number of benzene rings is 2. The van der Waals surface area contributed by atoms with E-state index in [2.05, 4.69) is 28.1 Å². The third kappa shape index (κ3) is 3.61. The first-order valence-electron chi connectivity index (χ1n) is 10.3. The molecule has 2 aromatic carbocycles. The van der Waals surface area contributed by atoms with E-state index in [0.29, 0.717) is 11.4 Å². The van der Waals surface area contributed by atoms with Crippen LogP contribution in [0.1, 0.15) is 28.8 Å². The van der Waals surface area contributed by atoms with Gasteiger partial charge in [-0.15, -0.1) is 0 Å². The Kier molecular flexibility index (Phi) is 5.03. The summed E-state index contributed by atoms with van der Waals surface area (Å²) in [7, 11) is 0. The standard InChI is InChI=1S/C24H21N3O3S/c28-21-19(23(29)30)15-27(22-20(21)25-24(31-22)26-12-6-7-13-26)14-17-10-4-5-11-18(17)16-8-2-1-3-9-16/h1-5,8-11,15H,6-7,12-14H2,(H,29,30). The monoisotopic (exact) mass is 431 g/mol. The molecular formula is C24H21N3O3S. The fourth-order valence-corrected chi connectivity index (χ4v) is 5.19. The van der Waals surface area contributed by atoms with Gasteiger partial charge in [0.2, 0.25) is 5.43 Å². The van der Waals surface area contributed by atoms with Crippen molar-refractivity contribution in [3.05, 3.63) is 82.1 Å². The number of hydrogen-bond acceptors (Lipinski definition) is 5. The zero-order chi connectivity index (χ0) is 21.4. The zero-order valence-electron chi connectivity index (χ0n) is 16.8. The second-order valence-electron chi connectivity index (χ2n) is 7.67. The number of carboxylic acids is 1. The molecular weight excluding hydrogens is 410 g/mol. The first-order valence-corrected chi connectivity index (χ1v) is 11.1. The zero-order valence-corrected chi connectivity index (χ0v) is 17.6. The second-order valence-corrected chi connectivity index (χ2v) is 8.63. The first-order chi connectivity index (χ1) is 15.1. The van der Waals surface area contributed by atoms with Crippen LogP contribution in [-0.4, -0.2) is 33.7 Å². The molecule has 0 unspecified atom stereocenters. The maximum absolute atomic E-state index is 12.8. The molecule has 1 N–H and O–H groups in total. The van der Waals surface area contributed by atoms with Crippen LogP contribution < -0.4 is 10.3 Å². The molecule has 1 aliphatic heterocycles. The van der Waals surface area contributed by atoms with Crippen LogP contribution >= 0.6 is 11.3 Å². The number of hydrogen-bond donors (Lipinski definition) is 1. The van der Waals surface area contributed by atoms with Crippen molar-refractivity contribution in [3.8, 4) is 11.1 Å². The van der Waals surface area contributed by atoms with Gasteiger partial charge in [-0.2, -0.15) is 0 Å². The molecule has 0 radical (unpaired) electrons. The predicted molar refractivity (Wildman–Crippen MR) is 123 cm³/mol. The highest BCUT2D eigenvalue weighted by Crippen LogP contribution is 2.31. The third-order valence-electron chi connectivity index (χ3n) is 5.65. The molecule has 6 nitrogen and oxygen atoms in total. The Balaban J connectivity index is 1.66. The molecule has 1 aliphatic rings. The van der Waals surface area contributed by atoms with Gasteiger partial charge in [-0.3, -0.25) is 4.79 Å². The summed E-state index contributed by atoms with van der Waals surface area (Å²) in [4.78, 5) is 32.0. The van der Waals surface area contributed by atoms with Crippen LogP contribution in [0.15, 0.2) is 65.6 Å². The van der Waals surface area contributed by atoms with Crippen molar-refractivity contribution in [1.29, 1.82) is 0 Å². The molecule has 1 fully saturated rings. The number of nitrogens with zero attached hydrogens (tertiary/aromatic N) is 3. The van der Waals surface area contributed by atoms with E-state index in [4.69, 9.17) is 0 Å². The van der Waals surface area contributed by atoms with Crippen molar-refractivity contribution in [3.63, 3.8) is 0 Å². The molecule has 156 valence electrons. The summed E-state index contributed by atoms with van der Waals surface area (Å²) in [5.74, 6) is -1.23. The Morgan fingerprint density at radius 3 is 2.48 bits per heavy atom. The minimum absolute atomic E-state index is 0.240. The first kappa shape index (κ1) is 19.5. The second kappa shape index (κ2) is 8.00. The van der Waals surface area contributed by atoms with E-state index < -0.39 is 11.4 Å². The quantitative estimate of drug-likeness (QED) is 0.505. The maximum atomic E-state index is 12.8. The fourth-order valence-electron chi connectivity index (χ4n) is 4.10. The van der Waals surface area contributed by atoms with Crippen molar-refractivity contribution in [1.82, 2.24) is 9.55 Å². The van der Waals surface area contributed by atoms with Crippen LogP contribution in [0.5, 0.6) is 0 Å². The Morgan fingerprint density at radius 1 is 1.03 bits per heavy atom. The van der Waals surface area contributed by atoms with E-state index in [-0.39, 0.29) is 11.1 Å². The van der Waals surface area contributed by atoms with Crippen molar-refractivity contribution in [2.45, 2.75) is 19.4 Å². The molecule has 7 heteroatoms. The van der Waals surface area contributed by atoms with E-state index in [0.717, 1.165) is 47.8 Å².